The highest BCUT2D eigenvalue weighted by atomic mass is 16.3. The molecule has 102 valence electrons. The first kappa shape index (κ1) is 13.6. The monoisotopic (exact) mass is 261 g/mol. The minimum Gasteiger partial charge on any atom is -0.451 e. The van der Waals surface area contributed by atoms with Crippen molar-refractivity contribution in [2.24, 2.45) is 0 Å². The molecule has 0 fully saturated rings. The second-order valence-electron chi connectivity index (χ2n) is 4.54. The molecule has 0 spiro atoms. The van der Waals surface area contributed by atoms with E-state index in [4.69, 9.17) is 9.52 Å². The van der Waals surface area contributed by atoms with Crippen LogP contribution in [0.2, 0.25) is 0 Å². The van der Waals surface area contributed by atoms with Crippen molar-refractivity contribution in [1.82, 2.24) is 5.32 Å². The van der Waals surface area contributed by atoms with Crippen molar-refractivity contribution in [2.75, 3.05) is 13.2 Å². The average Bonchev–Trinajstić information content (AvgIpc) is 2.86. The summed E-state index contributed by atoms with van der Waals surface area (Å²) in [5, 5.41) is 12.4. The molecule has 0 saturated carbocycles. The fourth-order valence-electron chi connectivity index (χ4n) is 1.97. The highest BCUT2D eigenvalue weighted by Crippen LogP contribution is 2.18. The first-order valence-corrected chi connectivity index (χ1v) is 6.69. The smallest absolute Gasteiger partial charge is 0.287 e. The molecule has 0 aliphatic heterocycles. The quantitative estimate of drug-likeness (QED) is 0.753. The van der Waals surface area contributed by atoms with Crippen LogP contribution in [0.15, 0.2) is 34.7 Å². The second kappa shape index (κ2) is 6.95. The third-order valence-electron chi connectivity index (χ3n) is 3.02. The highest BCUT2D eigenvalue weighted by Gasteiger charge is 2.10. The number of para-hydroxylation sites is 1. The summed E-state index contributed by atoms with van der Waals surface area (Å²) in [6.45, 7) is 0.882. The minimum absolute atomic E-state index is 0.168. The van der Waals surface area contributed by atoms with E-state index in [2.05, 4.69) is 5.32 Å². The largest absolute Gasteiger partial charge is 0.451 e. The summed E-state index contributed by atoms with van der Waals surface area (Å²) >= 11 is 0. The number of fused-ring (bicyclic) bond motifs is 1. The number of amides is 1. The molecule has 2 rings (SSSR count). The minimum atomic E-state index is -0.168. The van der Waals surface area contributed by atoms with Crippen LogP contribution < -0.4 is 5.32 Å². The topological polar surface area (TPSA) is 62.5 Å². The SMILES string of the molecule is O=C(NCCCCCCO)c1cc2ccccc2o1. The molecular formula is C15H19NO3. The van der Waals surface area contributed by atoms with Crippen molar-refractivity contribution in [3.05, 3.63) is 36.1 Å². The number of aliphatic hydroxyl groups is 1. The standard InChI is InChI=1S/C15H19NO3/c17-10-6-2-1-5-9-16-15(18)14-11-12-7-3-4-8-13(12)19-14/h3-4,7-8,11,17H,1-2,5-6,9-10H2,(H,16,18). The third-order valence-corrected chi connectivity index (χ3v) is 3.02. The van der Waals surface area contributed by atoms with Gasteiger partial charge in [-0.1, -0.05) is 31.0 Å². The maximum atomic E-state index is 11.9. The number of hydrogen-bond donors (Lipinski definition) is 2. The third kappa shape index (κ3) is 3.83. The molecule has 0 saturated heterocycles. The molecular weight excluding hydrogens is 242 g/mol. The molecule has 19 heavy (non-hydrogen) atoms. The number of carbonyl (C=O) groups is 1. The van der Waals surface area contributed by atoms with E-state index >= 15 is 0 Å². The van der Waals surface area contributed by atoms with Crippen molar-refractivity contribution in [3.8, 4) is 0 Å². The van der Waals surface area contributed by atoms with Crippen molar-refractivity contribution in [3.63, 3.8) is 0 Å². The van der Waals surface area contributed by atoms with Crippen LogP contribution in [-0.4, -0.2) is 24.2 Å². The van der Waals surface area contributed by atoms with Gasteiger partial charge in [-0.25, -0.2) is 0 Å². The summed E-state index contributed by atoms with van der Waals surface area (Å²) in [6.07, 6.45) is 3.77. The van der Waals surface area contributed by atoms with Crippen LogP contribution in [0.25, 0.3) is 11.0 Å². The number of benzene rings is 1. The van der Waals surface area contributed by atoms with Crippen LogP contribution in [0, 0.1) is 0 Å². The molecule has 2 aromatic rings. The number of nitrogens with one attached hydrogen (secondary N) is 1. The van der Waals surface area contributed by atoms with Gasteiger partial charge >= 0.3 is 0 Å². The summed E-state index contributed by atoms with van der Waals surface area (Å²) in [5.74, 6) is 0.190. The van der Waals surface area contributed by atoms with Gasteiger partial charge in [0.2, 0.25) is 0 Å². The van der Waals surface area contributed by atoms with E-state index in [-0.39, 0.29) is 12.5 Å². The van der Waals surface area contributed by atoms with E-state index in [0.717, 1.165) is 36.7 Å². The molecule has 0 atom stereocenters. The molecule has 0 unspecified atom stereocenters. The summed E-state index contributed by atoms with van der Waals surface area (Å²) < 4.78 is 5.48. The van der Waals surface area contributed by atoms with Gasteiger partial charge in [0.25, 0.3) is 5.91 Å². The normalized spacial score (nSPS) is 10.8. The predicted molar refractivity (Wildman–Crippen MR) is 74.1 cm³/mol. The summed E-state index contributed by atoms with van der Waals surface area (Å²) in [5.41, 5.74) is 0.732. The van der Waals surface area contributed by atoms with Gasteiger partial charge in [-0.05, 0) is 25.0 Å². The summed E-state index contributed by atoms with van der Waals surface area (Å²) in [6, 6.07) is 9.33. The Hall–Kier alpha value is -1.81. The van der Waals surface area contributed by atoms with Gasteiger partial charge < -0.3 is 14.8 Å². The summed E-state index contributed by atoms with van der Waals surface area (Å²) in [7, 11) is 0. The van der Waals surface area contributed by atoms with E-state index in [1.165, 1.54) is 0 Å². The molecule has 0 aliphatic rings. The van der Waals surface area contributed by atoms with E-state index in [1.807, 2.05) is 24.3 Å². The molecule has 1 heterocycles. The van der Waals surface area contributed by atoms with E-state index in [9.17, 15) is 4.79 Å². The van der Waals surface area contributed by atoms with Gasteiger partial charge in [0.15, 0.2) is 5.76 Å². The number of aliphatic hydroxyl groups excluding tert-OH is 1. The van der Waals surface area contributed by atoms with Crippen molar-refractivity contribution in [1.29, 1.82) is 0 Å². The molecule has 2 N–H and O–H groups in total. The Bertz CT molecular complexity index is 500. The maximum absolute atomic E-state index is 11.9. The number of carbonyl (C=O) groups excluding carboxylic acids is 1. The van der Waals surface area contributed by atoms with Crippen molar-refractivity contribution >= 4 is 16.9 Å². The fourth-order valence-corrected chi connectivity index (χ4v) is 1.97. The lowest BCUT2D eigenvalue weighted by Gasteiger charge is -2.02. The Morgan fingerprint density at radius 3 is 2.74 bits per heavy atom. The Balaban J connectivity index is 1.79. The van der Waals surface area contributed by atoms with Crippen LogP contribution in [-0.2, 0) is 0 Å². The first-order valence-electron chi connectivity index (χ1n) is 6.69. The average molecular weight is 261 g/mol. The lowest BCUT2D eigenvalue weighted by atomic mass is 10.2. The van der Waals surface area contributed by atoms with Gasteiger partial charge in [0, 0.05) is 18.5 Å². The molecule has 0 aliphatic carbocycles. The van der Waals surface area contributed by atoms with Crippen LogP contribution in [0.5, 0.6) is 0 Å². The van der Waals surface area contributed by atoms with Crippen LogP contribution in [0.4, 0.5) is 0 Å². The zero-order chi connectivity index (χ0) is 13.5. The van der Waals surface area contributed by atoms with Gasteiger partial charge in [-0.2, -0.15) is 0 Å². The number of hydrogen-bond acceptors (Lipinski definition) is 3. The molecule has 4 nitrogen and oxygen atoms in total. The van der Waals surface area contributed by atoms with Crippen LogP contribution >= 0.6 is 0 Å². The number of unbranched alkanes of at least 4 members (excludes halogenated alkanes) is 3. The zero-order valence-electron chi connectivity index (χ0n) is 10.9. The van der Waals surface area contributed by atoms with Gasteiger partial charge in [-0.3, -0.25) is 4.79 Å². The zero-order valence-corrected chi connectivity index (χ0v) is 10.9. The van der Waals surface area contributed by atoms with Crippen LogP contribution in [0.3, 0.4) is 0 Å². The Morgan fingerprint density at radius 1 is 1.16 bits per heavy atom. The Kier molecular flexibility index (Phi) is 4.98. The lowest BCUT2D eigenvalue weighted by molar-refractivity contribution is 0.0927. The number of furan rings is 1. The van der Waals surface area contributed by atoms with Gasteiger partial charge in [0.05, 0.1) is 0 Å². The van der Waals surface area contributed by atoms with Crippen molar-refractivity contribution in [2.45, 2.75) is 25.7 Å². The molecule has 1 aromatic carbocycles. The molecule has 1 aromatic heterocycles. The van der Waals surface area contributed by atoms with Crippen LogP contribution in [0.1, 0.15) is 36.2 Å². The molecule has 4 heteroatoms. The fraction of sp³-hybridized carbons (Fsp3) is 0.400. The molecule has 1 amide bonds. The van der Waals surface area contributed by atoms with E-state index in [0.29, 0.717) is 12.3 Å². The Labute approximate surface area is 112 Å². The Morgan fingerprint density at radius 2 is 1.95 bits per heavy atom. The summed E-state index contributed by atoms with van der Waals surface area (Å²) in [4.78, 5) is 11.9. The lowest BCUT2D eigenvalue weighted by Crippen LogP contribution is -2.23. The molecule has 0 bridgehead atoms. The van der Waals surface area contributed by atoms with Gasteiger partial charge in [-0.15, -0.1) is 0 Å². The van der Waals surface area contributed by atoms with E-state index < -0.39 is 0 Å². The van der Waals surface area contributed by atoms with Crippen molar-refractivity contribution < 1.29 is 14.3 Å². The predicted octanol–water partition coefficient (Wildman–Crippen LogP) is 2.72. The molecule has 0 radical (unpaired) electrons. The second-order valence-corrected chi connectivity index (χ2v) is 4.54. The highest BCUT2D eigenvalue weighted by molar-refractivity contribution is 5.95. The van der Waals surface area contributed by atoms with E-state index in [1.54, 1.807) is 6.07 Å². The maximum Gasteiger partial charge on any atom is 0.287 e. The first-order chi connectivity index (χ1) is 9.31. The van der Waals surface area contributed by atoms with Gasteiger partial charge in [0.1, 0.15) is 5.58 Å². The number of rotatable bonds is 7.